The Kier molecular flexibility index (Phi) is 65.2. The van der Waals surface area contributed by atoms with E-state index in [-0.39, 0.29) is 31.1 Å². The summed E-state index contributed by atoms with van der Waals surface area (Å²) in [6.07, 6.45) is 90.8. The van der Waals surface area contributed by atoms with E-state index in [2.05, 4.69) is 106 Å². The molecule has 6 nitrogen and oxygen atoms in total. The van der Waals surface area contributed by atoms with Gasteiger partial charge in [0.25, 0.3) is 0 Å². The molecule has 6 heteroatoms. The molecule has 1 unspecified atom stereocenters. The lowest BCUT2D eigenvalue weighted by molar-refractivity contribution is -0.167. The van der Waals surface area contributed by atoms with Crippen LogP contribution in [0.1, 0.15) is 348 Å². The largest absolute Gasteiger partial charge is 0.462 e. The van der Waals surface area contributed by atoms with Crippen LogP contribution in [-0.4, -0.2) is 37.2 Å². The Labute approximate surface area is 496 Å². The summed E-state index contributed by atoms with van der Waals surface area (Å²) in [7, 11) is 0. The van der Waals surface area contributed by atoms with Crippen molar-refractivity contribution in [3.63, 3.8) is 0 Å². The predicted molar refractivity (Wildman–Crippen MR) is 348 cm³/mol. The maximum Gasteiger partial charge on any atom is 0.306 e. The van der Waals surface area contributed by atoms with Crippen molar-refractivity contribution in [2.24, 2.45) is 0 Å². The van der Waals surface area contributed by atoms with E-state index < -0.39 is 6.10 Å². The van der Waals surface area contributed by atoms with Gasteiger partial charge in [0.1, 0.15) is 13.2 Å². The highest BCUT2D eigenvalue weighted by Gasteiger charge is 2.19. The van der Waals surface area contributed by atoms with Crippen molar-refractivity contribution in [3.8, 4) is 0 Å². The molecule has 0 saturated heterocycles. The molecule has 0 aliphatic carbocycles. The maximum absolute atomic E-state index is 12.9. The van der Waals surface area contributed by atoms with Crippen LogP contribution in [0.15, 0.2) is 85.1 Å². The SMILES string of the molecule is CC/C=C\C/C=C\C/C=C\C/C=C\C/C=C\CCCCCCCCCCCCCC(=O)OC(COC(=O)CCCCCCCC)COC(=O)CCCCCCCCCCCCCCCCCCC/C=C\C/C=C\CCCCCCC. The second kappa shape index (κ2) is 68.1. The summed E-state index contributed by atoms with van der Waals surface area (Å²) in [5.74, 6) is -0.872. The van der Waals surface area contributed by atoms with Gasteiger partial charge in [-0.15, -0.1) is 0 Å². The van der Waals surface area contributed by atoms with Crippen molar-refractivity contribution in [1.29, 1.82) is 0 Å². The summed E-state index contributed by atoms with van der Waals surface area (Å²) in [6.45, 7) is 6.49. The number of ether oxygens (including phenoxy) is 3. The van der Waals surface area contributed by atoms with E-state index in [0.29, 0.717) is 19.3 Å². The number of hydrogen-bond donors (Lipinski definition) is 0. The van der Waals surface area contributed by atoms with Crippen LogP contribution in [0.2, 0.25) is 0 Å². The van der Waals surface area contributed by atoms with Crippen LogP contribution in [0.3, 0.4) is 0 Å². The van der Waals surface area contributed by atoms with Gasteiger partial charge in [-0.2, -0.15) is 0 Å². The number of esters is 3. The van der Waals surface area contributed by atoms with Crippen LogP contribution in [0, 0.1) is 0 Å². The Balaban J connectivity index is 4.03. The standard InChI is InChI=1S/C74H130O6/c1-4-7-10-13-16-18-20-22-24-26-28-30-32-34-36-37-39-40-42-44-46-48-50-52-54-56-58-61-64-67-73(76)79-70-71(69-78-72(75)66-63-60-15-12-9-6-3)80-74(77)68-65-62-59-57-55-53-51-49-47-45-43-41-38-35-33-31-29-27-25-23-21-19-17-14-11-8-5-2/h8,11,17,19-20,22-23,25-26,28-29,31,35,38,71H,4-7,9-10,12-16,18,21,24,27,30,32-34,36-37,39-70H2,1-3H3/b11-8-,19-17-,22-20-,25-23-,28-26-,31-29-,38-35-. The van der Waals surface area contributed by atoms with Crippen LogP contribution < -0.4 is 0 Å². The number of carbonyl (C=O) groups excluding carboxylic acids is 3. The lowest BCUT2D eigenvalue weighted by Crippen LogP contribution is -2.30. The molecule has 0 heterocycles. The Hall–Kier alpha value is -3.41. The summed E-state index contributed by atoms with van der Waals surface area (Å²) >= 11 is 0. The predicted octanol–water partition coefficient (Wildman–Crippen LogP) is 23.8. The van der Waals surface area contributed by atoms with E-state index in [0.717, 1.165) is 96.3 Å². The van der Waals surface area contributed by atoms with Crippen LogP contribution in [-0.2, 0) is 28.6 Å². The summed E-state index contributed by atoms with van der Waals surface area (Å²) in [5.41, 5.74) is 0. The first-order valence-electron chi connectivity index (χ1n) is 34.6. The van der Waals surface area contributed by atoms with E-state index in [1.165, 1.54) is 212 Å². The molecule has 0 bridgehead atoms. The molecule has 0 spiro atoms. The minimum atomic E-state index is -0.775. The fourth-order valence-electron chi connectivity index (χ4n) is 9.97. The van der Waals surface area contributed by atoms with E-state index >= 15 is 0 Å². The van der Waals surface area contributed by atoms with Crippen molar-refractivity contribution in [1.82, 2.24) is 0 Å². The van der Waals surface area contributed by atoms with Gasteiger partial charge in [-0.05, 0) is 96.3 Å². The number of hydrogen-bond acceptors (Lipinski definition) is 6. The Morgan fingerprint density at radius 3 is 0.762 bits per heavy atom. The second-order valence-corrected chi connectivity index (χ2v) is 23.1. The molecule has 0 aromatic rings. The van der Waals surface area contributed by atoms with Gasteiger partial charge >= 0.3 is 17.9 Å². The van der Waals surface area contributed by atoms with E-state index in [9.17, 15) is 14.4 Å². The molecular formula is C74H130O6. The van der Waals surface area contributed by atoms with E-state index in [1.54, 1.807) is 0 Å². The molecule has 0 amide bonds. The molecular weight excluding hydrogens is 985 g/mol. The first-order valence-corrected chi connectivity index (χ1v) is 34.6. The molecule has 0 N–H and O–H groups in total. The van der Waals surface area contributed by atoms with E-state index in [4.69, 9.17) is 14.2 Å². The molecule has 0 aliphatic heterocycles. The lowest BCUT2D eigenvalue weighted by Gasteiger charge is -2.18. The van der Waals surface area contributed by atoms with Crippen LogP contribution in [0.4, 0.5) is 0 Å². The zero-order chi connectivity index (χ0) is 57.8. The monoisotopic (exact) mass is 1110 g/mol. The van der Waals surface area contributed by atoms with Gasteiger partial charge in [0.05, 0.1) is 0 Å². The fraction of sp³-hybridized carbons (Fsp3) is 0.770. The van der Waals surface area contributed by atoms with Crippen molar-refractivity contribution >= 4 is 17.9 Å². The number of unbranched alkanes of at least 4 members (excludes halogenated alkanes) is 38. The molecule has 0 radical (unpaired) electrons. The number of allylic oxidation sites excluding steroid dienone is 14. The third-order valence-corrected chi connectivity index (χ3v) is 15.1. The summed E-state index contributed by atoms with van der Waals surface area (Å²) < 4.78 is 16.9. The lowest BCUT2D eigenvalue weighted by atomic mass is 10.0. The third-order valence-electron chi connectivity index (χ3n) is 15.1. The molecule has 0 aromatic carbocycles. The third kappa shape index (κ3) is 65.4. The Bertz CT molecular complexity index is 1520. The van der Waals surface area contributed by atoms with E-state index in [1.807, 2.05) is 0 Å². The summed E-state index contributed by atoms with van der Waals surface area (Å²) in [6, 6.07) is 0. The quantitative estimate of drug-likeness (QED) is 0.0261. The average Bonchev–Trinajstić information content (AvgIpc) is 3.46. The van der Waals surface area contributed by atoms with Gasteiger partial charge in [0, 0.05) is 19.3 Å². The minimum Gasteiger partial charge on any atom is -0.462 e. The number of carbonyl (C=O) groups is 3. The normalized spacial score (nSPS) is 12.6. The zero-order valence-electron chi connectivity index (χ0n) is 53.1. The van der Waals surface area contributed by atoms with Crippen molar-refractivity contribution < 1.29 is 28.6 Å². The topological polar surface area (TPSA) is 78.9 Å². The molecule has 0 saturated carbocycles. The molecule has 80 heavy (non-hydrogen) atoms. The Morgan fingerprint density at radius 1 is 0.263 bits per heavy atom. The number of rotatable bonds is 63. The zero-order valence-corrected chi connectivity index (χ0v) is 53.1. The highest BCUT2D eigenvalue weighted by atomic mass is 16.6. The molecule has 0 fully saturated rings. The molecule has 0 aliphatic rings. The Morgan fingerprint density at radius 2 is 0.487 bits per heavy atom. The molecule has 0 aromatic heterocycles. The molecule has 0 rings (SSSR count). The average molecular weight is 1120 g/mol. The van der Waals surface area contributed by atoms with Crippen molar-refractivity contribution in [3.05, 3.63) is 85.1 Å². The smallest absolute Gasteiger partial charge is 0.306 e. The van der Waals surface area contributed by atoms with Crippen LogP contribution >= 0.6 is 0 Å². The summed E-state index contributed by atoms with van der Waals surface area (Å²) in [5, 5.41) is 0. The second-order valence-electron chi connectivity index (χ2n) is 23.1. The van der Waals surface area contributed by atoms with Gasteiger partial charge in [0.2, 0.25) is 0 Å². The van der Waals surface area contributed by atoms with Gasteiger partial charge in [0.15, 0.2) is 6.10 Å². The summed E-state index contributed by atoms with van der Waals surface area (Å²) in [4.78, 5) is 38.1. The van der Waals surface area contributed by atoms with Gasteiger partial charge < -0.3 is 14.2 Å². The first-order chi connectivity index (χ1) is 39.5. The maximum atomic E-state index is 12.9. The van der Waals surface area contributed by atoms with Gasteiger partial charge in [-0.1, -0.05) is 318 Å². The highest BCUT2D eigenvalue weighted by molar-refractivity contribution is 5.71. The van der Waals surface area contributed by atoms with Crippen molar-refractivity contribution in [2.45, 2.75) is 354 Å². The van der Waals surface area contributed by atoms with Crippen molar-refractivity contribution in [2.75, 3.05) is 13.2 Å². The van der Waals surface area contributed by atoms with Gasteiger partial charge in [-0.25, -0.2) is 0 Å². The van der Waals surface area contributed by atoms with Crippen LogP contribution in [0.25, 0.3) is 0 Å². The fourth-order valence-corrected chi connectivity index (χ4v) is 9.97. The first kappa shape index (κ1) is 76.6. The minimum absolute atomic E-state index is 0.0739. The molecule has 462 valence electrons. The molecule has 1 atom stereocenters. The highest BCUT2D eigenvalue weighted by Crippen LogP contribution is 2.17. The van der Waals surface area contributed by atoms with Gasteiger partial charge in [-0.3, -0.25) is 14.4 Å². The van der Waals surface area contributed by atoms with Crippen LogP contribution in [0.5, 0.6) is 0 Å².